The first kappa shape index (κ1) is 13.3. The van der Waals surface area contributed by atoms with Crippen molar-refractivity contribution in [2.24, 2.45) is 0 Å². The van der Waals surface area contributed by atoms with Crippen molar-refractivity contribution in [2.75, 3.05) is 0 Å². The topological polar surface area (TPSA) is 26.3 Å². The normalized spacial score (nSPS) is 11.4. The average molecular weight is 340 g/mol. The number of ether oxygens (including phenoxy) is 1. The van der Waals surface area contributed by atoms with Gasteiger partial charge in [-0.1, -0.05) is 0 Å². The largest absolute Gasteiger partial charge is 0.456 e. The van der Waals surface area contributed by atoms with Gasteiger partial charge in [0.05, 0.1) is 9.13 Å². The van der Waals surface area contributed by atoms with E-state index in [1.54, 1.807) is 20.8 Å². The molecule has 0 radical (unpaired) electrons. The van der Waals surface area contributed by atoms with E-state index in [1.165, 1.54) is 22.6 Å². The Labute approximate surface area is 106 Å². The molecule has 0 amide bonds. The van der Waals surface area contributed by atoms with Crippen LogP contribution in [0.4, 0.5) is 8.78 Å². The number of carbonyl (C=O) groups is 1. The molecule has 0 aliphatic rings. The molecule has 0 bridgehead atoms. The van der Waals surface area contributed by atoms with Crippen LogP contribution >= 0.6 is 22.6 Å². The average Bonchev–Trinajstić information content (AvgIpc) is 2.10. The predicted octanol–water partition coefficient (Wildman–Crippen LogP) is 3.52. The predicted molar refractivity (Wildman–Crippen MR) is 64.2 cm³/mol. The van der Waals surface area contributed by atoms with E-state index >= 15 is 0 Å². The number of carbonyl (C=O) groups excluding carboxylic acids is 1. The Balaban J connectivity index is 3.02. The molecule has 0 atom stereocenters. The molecule has 0 fully saturated rings. The van der Waals surface area contributed by atoms with Gasteiger partial charge in [0.1, 0.15) is 17.2 Å². The standard InChI is InChI=1S/C11H11F2IO2/c1-11(2,3)16-10(15)6-4-7(12)9(14)8(13)5-6/h4-5H,1-3H3. The van der Waals surface area contributed by atoms with Crippen LogP contribution in [0.5, 0.6) is 0 Å². The Bertz CT molecular complexity index is 401. The van der Waals surface area contributed by atoms with Gasteiger partial charge in [-0.25, -0.2) is 13.6 Å². The Hall–Kier alpha value is -0.720. The molecule has 0 spiro atoms. The molecule has 0 aromatic heterocycles. The lowest BCUT2D eigenvalue weighted by Gasteiger charge is -2.19. The number of halogens is 3. The number of hydrogen-bond donors (Lipinski definition) is 0. The van der Waals surface area contributed by atoms with Crippen molar-refractivity contribution in [3.63, 3.8) is 0 Å². The summed E-state index contributed by atoms with van der Waals surface area (Å²) in [7, 11) is 0. The Morgan fingerprint density at radius 2 is 1.69 bits per heavy atom. The quantitative estimate of drug-likeness (QED) is 0.444. The fourth-order valence-corrected chi connectivity index (χ4v) is 1.32. The smallest absolute Gasteiger partial charge is 0.338 e. The fraction of sp³-hybridized carbons (Fsp3) is 0.364. The highest BCUT2D eigenvalue weighted by molar-refractivity contribution is 14.1. The zero-order valence-electron chi connectivity index (χ0n) is 9.11. The lowest BCUT2D eigenvalue weighted by molar-refractivity contribution is 0.00684. The van der Waals surface area contributed by atoms with Crippen molar-refractivity contribution in [1.29, 1.82) is 0 Å². The Morgan fingerprint density at radius 3 is 2.06 bits per heavy atom. The first-order chi connectivity index (χ1) is 7.20. The monoisotopic (exact) mass is 340 g/mol. The third-order valence-electron chi connectivity index (χ3n) is 1.62. The lowest BCUT2D eigenvalue weighted by atomic mass is 10.1. The zero-order chi connectivity index (χ0) is 12.5. The third kappa shape index (κ3) is 3.40. The molecule has 0 aliphatic carbocycles. The molecule has 0 saturated heterocycles. The summed E-state index contributed by atoms with van der Waals surface area (Å²) in [6.45, 7) is 5.05. The number of benzene rings is 1. The van der Waals surface area contributed by atoms with Crippen LogP contribution in [0.15, 0.2) is 12.1 Å². The maximum atomic E-state index is 13.2. The first-order valence-electron chi connectivity index (χ1n) is 4.58. The second-order valence-corrected chi connectivity index (χ2v) is 5.33. The minimum absolute atomic E-state index is 0.120. The van der Waals surface area contributed by atoms with Gasteiger partial charge in [0.2, 0.25) is 0 Å². The summed E-state index contributed by atoms with van der Waals surface area (Å²) < 4.78 is 31.2. The number of rotatable bonds is 1. The second-order valence-electron chi connectivity index (χ2n) is 4.26. The van der Waals surface area contributed by atoms with Gasteiger partial charge in [0.15, 0.2) is 0 Å². The van der Waals surface area contributed by atoms with Crippen LogP contribution in [0.1, 0.15) is 31.1 Å². The summed E-state index contributed by atoms with van der Waals surface area (Å²) in [6, 6.07) is 1.94. The van der Waals surface area contributed by atoms with Gasteiger partial charge in [0.25, 0.3) is 0 Å². The fourth-order valence-electron chi connectivity index (χ4n) is 1.01. The van der Waals surface area contributed by atoms with Crippen LogP contribution < -0.4 is 0 Å². The van der Waals surface area contributed by atoms with E-state index in [2.05, 4.69) is 0 Å². The van der Waals surface area contributed by atoms with Crippen molar-refractivity contribution in [1.82, 2.24) is 0 Å². The van der Waals surface area contributed by atoms with E-state index in [9.17, 15) is 13.6 Å². The molecular formula is C11H11F2IO2. The summed E-state index contributed by atoms with van der Waals surface area (Å²) in [5.74, 6) is -2.26. The second kappa shape index (κ2) is 4.65. The summed E-state index contributed by atoms with van der Waals surface area (Å²) in [4.78, 5) is 11.5. The van der Waals surface area contributed by atoms with Gasteiger partial charge < -0.3 is 4.74 Å². The first-order valence-corrected chi connectivity index (χ1v) is 5.66. The van der Waals surface area contributed by atoms with E-state index in [0.29, 0.717) is 0 Å². The van der Waals surface area contributed by atoms with E-state index in [4.69, 9.17) is 4.74 Å². The highest BCUT2D eigenvalue weighted by Gasteiger charge is 2.20. The van der Waals surface area contributed by atoms with Gasteiger partial charge in [0, 0.05) is 0 Å². The number of esters is 1. The SMILES string of the molecule is CC(C)(C)OC(=O)c1cc(F)c(I)c(F)c1. The van der Waals surface area contributed by atoms with Crippen LogP contribution in [-0.4, -0.2) is 11.6 Å². The molecule has 1 rings (SSSR count). The summed E-state index contributed by atoms with van der Waals surface area (Å²) >= 11 is 1.54. The molecule has 5 heteroatoms. The summed E-state index contributed by atoms with van der Waals surface area (Å²) in [5, 5.41) is 0. The maximum absolute atomic E-state index is 13.2. The summed E-state index contributed by atoms with van der Waals surface area (Å²) in [6.07, 6.45) is 0. The summed E-state index contributed by atoms with van der Waals surface area (Å²) in [5.41, 5.74) is -0.808. The van der Waals surface area contributed by atoms with E-state index in [-0.39, 0.29) is 9.13 Å². The van der Waals surface area contributed by atoms with Crippen LogP contribution in [-0.2, 0) is 4.74 Å². The van der Waals surface area contributed by atoms with Crippen LogP contribution in [0.3, 0.4) is 0 Å². The highest BCUT2D eigenvalue weighted by Crippen LogP contribution is 2.19. The van der Waals surface area contributed by atoms with Crippen molar-refractivity contribution in [3.8, 4) is 0 Å². The maximum Gasteiger partial charge on any atom is 0.338 e. The van der Waals surface area contributed by atoms with Crippen LogP contribution in [0.25, 0.3) is 0 Å². The van der Waals surface area contributed by atoms with Crippen molar-refractivity contribution in [2.45, 2.75) is 26.4 Å². The molecular weight excluding hydrogens is 329 g/mol. The molecule has 1 aromatic carbocycles. The van der Waals surface area contributed by atoms with Gasteiger partial charge in [-0.05, 0) is 55.5 Å². The molecule has 0 saturated carbocycles. The Morgan fingerprint density at radius 1 is 1.25 bits per heavy atom. The van der Waals surface area contributed by atoms with Gasteiger partial charge in [-0.3, -0.25) is 0 Å². The highest BCUT2D eigenvalue weighted by atomic mass is 127. The van der Waals surface area contributed by atoms with E-state index in [1.807, 2.05) is 0 Å². The molecule has 0 unspecified atom stereocenters. The molecule has 0 heterocycles. The molecule has 1 aromatic rings. The van der Waals surface area contributed by atoms with Crippen molar-refractivity contribution >= 4 is 28.6 Å². The van der Waals surface area contributed by atoms with Crippen LogP contribution in [0.2, 0.25) is 0 Å². The van der Waals surface area contributed by atoms with Gasteiger partial charge in [-0.15, -0.1) is 0 Å². The molecule has 16 heavy (non-hydrogen) atoms. The molecule has 2 nitrogen and oxygen atoms in total. The van der Waals surface area contributed by atoms with E-state index < -0.39 is 23.2 Å². The van der Waals surface area contributed by atoms with Gasteiger partial charge >= 0.3 is 5.97 Å². The molecule has 88 valence electrons. The van der Waals surface area contributed by atoms with E-state index in [0.717, 1.165) is 12.1 Å². The Kier molecular flexibility index (Phi) is 3.88. The molecule has 0 aliphatic heterocycles. The van der Waals surface area contributed by atoms with Crippen LogP contribution in [0, 0.1) is 15.2 Å². The van der Waals surface area contributed by atoms with Crippen molar-refractivity contribution < 1.29 is 18.3 Å². The lowest BCUT2D eigenvalue weighted by Crippen LogP contribution is -2.24. The number of hydrogen-bond acceptors (Lipinski definition) is 2. The minimum atomic E-state index is -0.763. The van der Waals surface area contributed by atoms with Crippen molar-refractivity contribution in [3.05, 3.63) is 32.9 Å². The third-order valence-corrected chi connectivity index (χ3v) is 2.65. The molecule has 0 N–H and O–H groups in total. The zero-order valence-corrected chi connectivity index (χ0v) is 11.3. The minimum Gasteiger partial charge on any atom is -0.456 e. The van der Waals surface area contributed by atoms with Gasteiger partial charge in [-0.2, -0.15) is 0 Å².